The van der Waals surface area contributed by atoms with Gasteiger partial charge in [0, 0.05) is 43.9 Å². The van der Waals surface area contributed by atoms with Gasteiger partial charge in [-0.05, 0) is 18.6 Å². The third-order valence-corrected chi connectivity index (χ3v) is 6.02. The second kappa shape index (κ2) is 10.3. The Hall–Kier alpha value is -3.69. The van der Waals surface area contributed by atoms with Gasteiger partial charge in [-0.15, -0.1) is 0 Å². The van der Waals surface area contributed by atoms with E-state index in [2.05, 4.69) is 11.0 Å². The Balaban J connectivity index is 1.71. The van der Waals surface area contributed by atoms with Crippen molar-refractivity contribution in [2.45, 2.75) is 19.4 Å². The van der Waals surface area contributed by atoms with E-state index in [1.165, 1.54) is 0 Å². The van der Waals surface area contributed by atoms with Crippen LogP contribution in [0.25, 0.3) is 22.4 Å². The Bertz CT molecular complexity index is 1140. The van der Waals surface area contributed by atoms with Crippen LogP contribution in [0.3, 0.4) is 0 Å². The van der Waals surface area contributed by atoms with Crippen molar-refractivity contribution >= 4 is 11.7 Å². The summed E-state index contributed by atoms with van der Waals surface area (Å²) in [7, 11) is 1.60. The van der Waals surface area contributed by atoms with Gasteiger partial charge in [-0.2, -0.15) is 5.26 Å². The van der Waals surface area contributed by atoms with Gasteiger partial charge < -0.3 is 14.5 Å². The molecule has 2 heterocycles. The summed E-state index contributed by atoms with van der Waals surface area (Å²) in [5, 5.41) is 9.99. The van der Waals surface area contributed by atoms with Crippen molar-refractivity contribution in [3.8, 4) is 28.5 Å². The van der Waals surface area contributed by atoms with Gasteiger partial charge in [-0.25, -0.2) is 4.98 Å². The normalized spacial score (nSPS) is 15.8. The van der Waals surface area contributed by atoms with Gasteiger partial charge in [0.25, 0.3) is 0 Å². The van der Waals surface area contributed by atoms with Gasteiger partial charge in [-0.1, -0.05) is 60.7 Å². The Labute approximate surface area is 195 Å². The average Bonchev–Trinajstić information content (AvgIpc) is 2.87. The Morgan fingerprint density at radius 3 is 2.36 bits per heavy atom. The highest BCUT2D eigenvalue weighted by molar-refractivity contribution is 5.84. The lowest BCUT2D eigenvalue weighted by molar-refractivity contribution is -0.134. The van der Waals surface area contributed by atoms with E-state index in [0.29, 0.717) is 44.0 Å². The predicted molar refractivity (Wildman–Crippen MR) is 130 cm³/mol. The average molecular weight is 441 g/mol. The molecule has 1 atom stereocenters. The number of hydrogen-bond donors (Lipinski definition) is 0. The van der Waals surface area contributed by atoms with Crippen molar-refractivity contribution < 1.29 is 9.53 Å². The van der Waals surface area contributed by atoms with Crippen molar-refractivity contribution in [3.05, 3.63) is 72.3 Å². The van der Waals surface area contributed by atoms with Crippen molar-refractivity contribution in [1.82, 2.24) is 9.88 Å². The number of aromatic nitrogens is 1. The van der Waals surface area contributed by atoms with Gasteiger partial charge in [-0.3, -0.25) is 4.79 Å². The highest BCUT2D eigenvalue weighted by Crippen LogP contribution is 2.35. The van der Waals surface area contributed by atoms with Crippen LogP contribution in [0, 0.1) is 11.3 Å². The minimum Gasteiger partial charge on any atom is -0.384 e. The van der Waals surface area contributed by atoms with E-state index < -0.39 is 0 Å². The minimum atomic E-state index is 0.0189. The summed E-state index contributed by atoms with van der Waals surface area (Å²) in [6.07, 6.45) is 0.381. The molecule has 168 valence electrons. The number of ether oxygens (including phenoxy) is 1. The molecule has 0 N–H and O–H groups in total. The molecule has 0 aliphatic carbocycles. The van der Waals surface area contributed by atoms with Crippen LogP contribution in [-0.2, 0) is 9.53 Å². The van der Waals surface area contributed by atoms with Gasteiger partial charge in [0.1, 0.15) is 11.9 Å². The largest absolute Gasteiger partial charge is 0.384 e. The smallest absolute Gasteiger partial charge is 0.225 e. The molecule has 1 aromatic heterocycles. The first-order chi connectivity index (χ1) is 16.1. The van der Waals surface area contributed by atoms with E-state index in [0.717, 1.165) is 22.4 Å². The molecule has 6 heteroatoms. The molecular weight excluding hydrogens is 412 g/mol. The molecule has 0 saturated carbocycles. The molecule has 0 spiro atoms. The number of nitrogens with zero attached hydrogens (tertiary/aromatic N) is 4. The third kappa shape index (κ3) is 4.89. The second-order valence-electron chi connectivity index (χ2n) is 8.22. The van der Waals surface area contributed by atoms with Crippen LogP contribution in [0.4, 0.5) is 5.82 Å². The molecule has 0 radical (unpaired) electrons. The molecule has 2 aromatic carbocycles. The number of hydrogen-bond acceptors (Lipinski definition) is 5. The lowest BCUT2D eigenvalue weighted by Crippen LogP contribution is -2.54. The highest BCUT2D eigenvalue weighted by atomic mass is 16.5. The number of carbonyl (C=O) groups is 1. The van der Waals surface area contributed by atoms with E-state index >= 15 is 0 Å². The minimum absolute atomic E-state index is 0.0189. The van der Waals surface area contributed by atoms with Crippen molar-refractivity contribution in [3.63, 3.8) is 0 Å². The Morgan fingerprint density at radius 2 is 1.76 bits per heavy atom. The van der Waals surface area contributed by atoms with Crippen LogP contribution in [0.5, 0.6) is 0 Å². The fraction of sp³-hybridized carbons (Fsp3) is 0.296. The summed E-state index contributed by atoms with van der Waals surface area (Å²) in [5.41, 5.74) is 4.35. The quantitative estimate of drug-likeness (QED) is 0.570. The Morgan fingerprint density at radius 1 is 1.09 bits per heavy atom. The molecule has 1 fully saturated rings. The standard InChI is InChI=1S/C27H28N4O2/c1-20-19-30(14-15-31(20)25(32)13-16-33-2)27-23(18-28)17-24(21-9-5-3-6-10-21)26(29-27)22-11-7-4-8-12-22/h3-12,17,20H,13-16,19H2,1-2H3/t20-/m1/s1. The zero-order chi connectivity index (χ0) is 23.2. The number of rotatable bonds is 6. The molecule has 33 heavy (non-hydrogen) atoms. The number of anilines is 1. The molecular formula is C27H28N4O2. The second-order valence-corrected chi connectivity index (χ2v) is 8.22. The van der Waals surface area contributed by atoms with Gasteiger partial charge >= 0.3 is 0 Å². The number of amides is 1. The van der Waals surface area contributed by atoms with Crippen LogP contribution < -0.4 is 4.90 Å². The zero-order valence-corrected chi connectivity index (χ0v) is 19.1. The summed E-state index contributed by atoms with van der Waals surface area (Å²) in [5.74, 6) is 0.772. The SMILES string of the molecule is COCCC(=O)N1CCN(c2nc(-c3ccccc3)c(-c3ccccc3)cc2C#N)C[C@H]1C. The fourth-order valence-electron chi connectivity index (χ4n) is 4.33. The molecule has 6 nitrogen and oxygen atoms in total. The van der Waals surface area contributed by atoms with Crippen LogP contribution in [0.2, 0.25) is 0 Å². The van der Waals surface area contributed by atoms with E-state index in [1.807, 2.05) is 78.6 Å². The van der Waals surface area contributed by atoms with Crippen LogP contribution in [-0.4, -0.2) is 55.2 Å². The fourth-order valence-corrected chi connectivity index (χ4v) is 4.33. The number of methoxy groups -OCH3 is 1. The number of pyridine rings is 1. The molecule has 1 amide bonds. The third-order valence-electron chi connectivity index (χ3n) is 6.02. The molecule has 4 rings (SSSR count). The van der Waals surface area contributed by atoms with Crippen molar-refractivity contribution in [2.75, 3.05) is 38.3 Å². The van der Waals surface area contributed by atoms with Gasteiger partial charge in [0.2, 0.25) is 5.91 Å². The molecule has 0 bridgehead atoms. The summed E-state index contributed by atoms with van der Waals surface area (Å²) in [6.45, 7) is 4.31. The molecule has 0 unspecified atom stereocenters. The van der Waals surface area contributed by atoms with Crippen molar-refractivity contribution in [2.24, 2.45) is 0 Å². The lowest BCUT2D eigenvalue weighted by Gasteiger charge is -2.41. The van der Waals surface area contributed by atoms with E-state index in [9.17, 15) is 10.1 Å². The maximum Gasteiger partial charge on any atom is 0.225 e. The number of piperazine rings is 1. The van der Waals surface area contributed by atoms with Crippen LogP contribution in [0.15, 0.2) is 66.7 Å². The van der Waals surface area contributed by atoms with E-state index in [-0.39, 0.29) is 11.9 Å². The maximum absolute atomic E-state index is 12.5. The van der Waals surface area contributed by atoms with Crippen molar-refractivity contribution in [1.29, 1.82) is 5.26 Å². The lowest BCUT2D eigenvalue weighted by atomic mass is 9.97. The summed E-state index contributed by atoms with van der Waals surface area (Å²) < 4.78 is 5.06. The maximum atomic E-state index is 12.5. The first kappa shape index (κ1) is 22.5. The zero-order valence-electron chi connectivity index (χ0n) is 19.1. The first-order valence-corrected chi connectivity index (χ1v) is 11.2. The predicted octanol–water partition coefficient (Wildman–Crippen LogP) is 4.36. The van der Waals surface area contributed by atoms with Gasteiger partial charge in [0.05, 0.1) is 24.3 Å². The molecule has 1 saturated heterocycles. The Kier molecular flexibility index (Phi) is 7.01. The number of nitriles is 1. The number of carbonyl (C=O) groups excluding carboxylic acids is 1. The summed E-state index contributed by atoms with van der Waals surface area (Å²) >= 11 is 0. The molecule has 3 aromatic rings. The van der Waals surface area contributed by atoms with Gasteiger partial charge in [0.15, 0.2) is 0 Å². The highest BCUT2D eigenvalue weighted by Gasteiger charge is 2.29. The van der Waals surface area contributed by atoms with E-state index in [4.69, 9.17) is 9.72 Å². The first-order valence-electron chi connectivity index (χ1n) is 11.2. The molecule has 1 aliphatic heterocycles. The van der Waals surface area contributed by atoms with Crippen LogP contribution >= 0.6 is 0 Å². The summed E-state index contributed by atoms with van der Waals surface area (Å²) in [4.78, 5) is 21.6. The van der Waals surface area contributed by atoms with E-state index in [1.54, 1.807) is 7.11 Å². The number of benzene rings is 2. The van der Waals surface area contributed by atoms with Crippen LogP contribution in [0.1, 0.15) is 18.9 Å². The monoisotopic (exact) mass is 440 g/mol. The topological polar surface area (TPSA) is 69.5 Å². The summed E-state index contributed by atoms with van der Waals surface area (Å²) in [6, 6.07) is 24.4. The molecule has 1 aliphatic rings.